The highest BCUT2D eigenvalue weighted by Gasteiger charge is 2.38. The van der Waals surface area contributed by atoms with Crippen LogP contribution in [0.1, 0.15) is 23.0 Å². The smallest absolute Gasteiger partial charge is 0.434 e. The van der Waals surface area contributed by atoms with Gasteiger partial charge < -0.3 is 4.74 Å². The normalized spacial score (nSPS) is 12.3. The number of sulfone groups is 1. The molecule has 0 bridgehead atoms. The Morgan fingerprint density at radius 1 is 1.37 bits per heavy atom. The van der Waals surface area contributed by atoms with Crippen molar-refractivity contribution in [3.8, 4) is 0 Å². The molecule has 0 amide bonds. The average molecular weight is 297 g/mol. The lowest BCUT2D eigenvalue weighted by atomic mass is 10.2. The largest absolute Gasteiger partial charge is 0.462 e. The third kappa shape index (κ3) is 3.66. The molecule has 19 heavy (non-hydrogen) atoms. The van der Waals surface area contributed by atoms with Crippen molar-refractivity contribution >= 4 is 15.8 Å². The van der Waals surface area contributed by atoms with E-state index >= 15 is 0 Å². The molecule has 1 aromatic heterocycles. The van der Waals surface area contributed by atoms with Crippen molar-refractivity contribution in [2.45, 2.75) is 18.1 Å². The molecule has 0 unspecified atom stereocenters. The first kappa shape index (κ1) is 15.4. The molecule has 1 heterocycles. The van der Waals surface area contributed by atoms with Gasteiger partial charge in [-0.05, 0) is 19.1 Å². The minimum Gasteiger partial charge on any atom is -0.462 e. The van der Waals surface area contributed by atoms with Gasteiger partial charge in [0.25, 0.3) is 0 Å². The summed E-state index contributed by atoms with van der Waals surface area (Å²) in [6, 6.07) is 1.57. The molecule has 0 saturated carbocycles. The van der Waals surface area contributed by atoms with E-state index in [1.165, 1.54) is 6.92 Å². The van der Waals surface area contributed by atoms with E-state index < -0.39 is 38.3 Å². The maximum Gasteiger partial charge on any atom is 0.434 e. The number of halogens is 3. The van der Waals surface area contributed by atoms with Crippen LogP contribution in [0.3, 0.4) is 0 Å². The average Bonchev–Trinajstić information content (AvgIpc) is 2.26. The molecule has 1 aromatic rings. The molecule has 0 aliphatic rings. The molecule has 0 radical (unpaired) electrons. The lowest BCUT2D eigenvalue weighted by molar-refractivity contribution is -0.142. The Morgan fingerprint density at radius 3 is 2.37 bits per heavy atom. The standard InChI is InChI=1S/C10H10F3NO4S/c1-3-18-9(15)6-4-5-7(19(2,16)17)14-8(6)10(11,12)13/h4-5H,3H2,1-2H3. The van der Waals surface area contributed by atoms with E-state index in [2.05, 4.69) is 9.72 Å². The summed E-state index contributed by atoms with van der Waals surface area (Å²) in [4.78, 5) is 14.4. The molecule has 0 aliphatic carbocycles. The predicted molar refractivity (Wildman–Crippen MR) is 58.3 cm³/mol. The first-order chi connectivity index (χ1) is 8.57. The molecule has 1 rings (SSSR count). The van der Waals surface area contributed by atoms with Crippen molar-refractivity contribution in [2.75, 3.05) is 12.9 Å². The van der Waals surface area contributed by atoms with Gasteiger partial charge in [0, 0.05) is 6.26 Å². The van der Waals surface area contributed by atoms with Gasteiger partial charge in [-0.1, -0.05) is 0 Å². The minimum atomic E-state index is -4.96. The van der Waals surface area contributed by atoms with Gasteiger partial charge >= 0.3 is 12.1 Å². The molecule has 0 N–H and O–H groups in total. The van der Waals surface area contributed by atoms with Gasteiger partial charge in [-0.25, -0.2) is 18.2 Å². The number of ether oxygens (including phenoxy) is 1. The number of esters is 1. The van der Waals surface area contributed by atoms with E-state index in [0.29, 0.717) is 0 Å². The summed E-state index contributed by atoms with van der Waals surface area (Å²) in [5, 5.41) is -0.757. The fourth-order valence-corrected chi connectivity index (χ4v) is 1.81. The van der Waals surface area contributed by atoms with Crippen LogP contribution in [0.2, 0.25) is 0 Å². The van der Waals surface area contributed by atoms with Gasteiger partial charge in [-0.2, -0.15) is 13.2 Å². The molecular formula is C10H10F3NO4S. The predicted octanol–water partition coefficient (Wildman–Crippen LogP) is 1.68. The Labute approximate surface area is 107 Å². The molecule has 106 valence electrons. The van der Waals surface area contributed by atoms with Crippen molar-refractivity contribution < 1.29 is 31.1 Å². The number of nitrogens with zero attached hydrogens (tertiary/aromatic N) is 1. The summed E-state index contributed by atoms with van der Waals surface area (Å²) in [7, 11) is -3.90. The third-order valence-corrected chi connectivity index (χ3v) is 3.00. The fourth-order valence-electron chi connectivity index (χ4n) is 1.24. The Balaban J connectivity index is 3.46. The van der Waals surface area contributed by atoms with Crippen LogP contribution in [0.15, 0.2) is 17.2 Å². The lowest BCUT2D eigenvalue weighted by Crippen LogP contribution is -2.19. The van der Waals surface area contributed by atoms with Gasteiger partial charge in [0.05, 0.1) is 12.2 Å². The van der Waals surface area contributed by atoms with Crippen molar-refractivity contribution in [3.63, 3.8) is 0 Å². The highest BCUT2D eigenvalue weighted by atomic mass is 32.2. The van der Waals surface area contributed by atoms with Crippen LogP contribution in [0.4, 0.5) is 13.2 Å². The zero-order valence-corrected chi connectivity index (χ0v) is 10.8. The monoisotopic (exact) mass is 297 g/mol. The van der Waals surface area contributed by atoms with Crippen LogP contribution < -0.4 is 0 Å². The molecule has 0 aliphatic heterocycles. The number of rotatable bonds is 3. The molecule has 5 nitrogen and oxygen atoms in total. The molecular weight excluding hydrogens is 287 g/mol. The second-order valence-corrected chi connectivity index (χ2v) is 5.50. The van der Waals surface area contributed by atoms with Crippen LogP contribution in [-0.2, 0) is 20.8 Å². The molecule has 0 spiro atoms. The zero-order valence-electron chi connectivity index (χ0n) is 9.98. The van der Waals surface area contributed by atoms with E-state index in [0.717, 1.165) is 18.4 Å². The summed E-state index contributed by atoms with van der Waals surface area (Å²) >= 11 is 0. The number of aromatic nitrogens is 1. The van der Waals surface area contributed by atoms with Gasteiger partial charge in [-0.3, -0.25) is 0 Å². The zero-order chi connectivity index (χ0) is 14.8. The molecule has 9 heteroatoms. The summed E-state index contributed by atoms with van der Waals surface area (Å²) in [5.74, 6) is -1.21. The maximum atomic E-state index is 12.8. The SMILES string of the molecule is CCOC(=O)c1ccc(S(C)(=O)=O)nc1C(F)(F)F. The summed E-state index contributed by atoms with van der Waals surface area (Å²) in [6.45, 7) is 1.33. The lowest BCUT2D eigenvalue weighted by Gasteiger charge is -2.12. The summed E-state index contributed by atoms with van der Waals surface area (Å²) < 4.78 is 65.1. The van der Waals surface area contributed by atoms with Crippen LogP contribution in [0, 0.1) is 0 Å². The van der Waals surface area contributed by atoms with Crippen molar-refractivity contribution in [1.82, 2.24) is 4.98 Å². The highest BCUT2D eigenvalue weighted by molar-refractivity contribution is 7.90. The Hall–Kier alpha value is -1.64. The topological polar surface area (TPSA) is 73.3 Å². The van der Waals surface area contributed by atoms with E-state index in [1.54, 1.807) is 0 Å². The van der Waals surface area contributed by atoms with Crippen molar-refractivity contribution in [1.29, 1.82) is 0 Å². The summed E-state index contributed by atoms with van der Waals surface area (Å²) in [5.41, 5.74) is -2.39. The van der Waals surface area contributed by atoms with E-state index in [-0.39, 0.29) is 6.61 Å². The second kappa shape index (κ2) is 5.16. The van der Waals surface area contributed by atoms with Crippen LogP contribution in [-0.4, -0.2) is 32.2 Å². The first-order valence-corrected chi connectivity index (χ1v) is 6.92. The van der Waals surface area contributed by atoms with Gasteiger partial charge in [-0.15, -0.1) is 0 Å². The number of carbonyl (C=O) groups excluding carboxylic acids is 1. The number of hydrogen-bond acceptors (Lipinski definition) is 5. The Bertz CT molecular complexity index is 595. The molecule has 0 atom stereocenters. The Kier molecular flexibility index (Phi) is 4.18. The second-order valence-electron chi connectivity index (χ2n) is 3.54. The maximum absolute atomic E-state index is 12.8. The molecule has 0 aromatic carbocycles. The number of alkyl halides is 3. The van der Waals surface area contributed by atoms with Crippen molar-refractivity contribution in [3.05, 3.63) is 23.4 Å². The highest BCUT2D eigenvalue weighted by Crippen LogP contribution is 2.31. The number of pyridine rings is 1. The quantitative estimate of drug-likeness (QED) is 0.794. The first-order valence-electron chi connectivity index (χ1n) is 5.02. The van der Waals surface area contributed by atoms with E-state index in [9.17, 15) is 26.4 Å². The number of carbonyl (C=O) groups is 1. The third-order valence-electron chi connectivity index (χ3n) is 2.01. The fraction of sp³-hybridized carbons (Fsp3) is 0.400. The summed E-state index contributed by atoms with van der Waals surface area (Å²) in [6.07, 6.45) is -4.23. The van der Waals surface area contributed by atoms with Gasteiger partial charge in [0.1, 0.15) is 0 Å². The van der Waals surface area contributed by atoms with E-state index in [1.807, 2.05) is 0 Å². The number of hydrogen-bond donors (Lipinski definition) is 0. The van der Waals surface area contributed by atoms with Crippen LogP contribution in [0.25, 0.3) is 0 Å². The molecule has 0 fully saturated rings. The van der Waals surface area contributed by atoms with Gasteiger partial charge in [0.2, 0.25) is 0 Å². The minimum absolute atomic E-state index is 0.107. The van der Waals surface area contributed by atoms with Crippen molar-refractivity contribution in [2.24, 2.45) is 0 Å². The Morgan fingerprint density at radius 2 is 1.95 bits per heavy atom. The van der Waals surface area contributed by atoms with E-state index in [4.69, 9.17) is 0 Å². The molecule has 0 saturated heterocycles. The van der Waals surface area contributed by atoms with Gasteiger partial charge in [0.15, 0.2) is 20.6 Å². The van der Waals surface area contributed by atoms with Crippen LogP contribution in [0.5, 0.6) is 0 Å². The van der Waals surface area contributed by atoms with Crippen LogP contribution >= 0.6 is 0 Å².